The summed E-state index contributed by atoms with van der Waals surface area (Å²) in [5.41, 5.74) is 4.72. The van der Waals surface area contributed by atoms with Crippen LogP contribution >= 0.6 is 0 Å². The summed E-state index contributed by atoms with van der Waals surface area (Å²) in [5.74, 6) is 0.361. The lowest BCUT2D eigenvalue weighted by Crippen LogP contribution is -2.33. The standard InChI is InChI=1S/C30H25NO4/c1-30(2)15-21-26-20-9-4-3-6-17(20)10-11-22(26)31-28(27(21)23(32)16-30)25-13-12-24(35-25)18-7-5-8-19(14-18)29(33)34/h3-14,28,31H,15-16H2,1-2H3,(H,33,34)/t28-/m0/s1. The van der Waals surface area contributed by atoms with Crippen LogP contribution < -0.4 is 5.32 Å². The van der Waals surface area contributed by atoms with Crippen molar-refractivity contribution in [3.63, 3.8) is 0 Å². The number of furan rings is 1. The molecule has 5 heteroatoms. The van der Waals surface area contributed by atoms with Gasteiger partial charge >= 0.3 is 5.97 Å². The summed E-state index contributed by atoms with van der Waals surface area (Å²) in [6.45, 7) is 4.30. The summed E-state index contributed by atoms with van der Waals surface area (Å²) in [5, 5.41) is 15.2. The Morgan fingerprint density at radius 2 is 1.83 bits per heavy atom. The van der Waals surface area contributed by atoms with Gasteiger partial charge in [0, 0.05) is 28.8 Å². The molecule has 0 unspecified atom stereocenters. The Balaban J connectivity index is 1.50. The number of Topliss-reactive ketones (excluding diaryl/α,β-unsaturated/α-hetero) is 1. The van der Waals surface area contributed by atoms with E-state index in [0.717, 1.165) is 39.6 Å². The number of fused-ring (bicyclic) bond motifs is 4. The van der Waals surface area contributed by atoms with Crippen LogP contribution in [-0.2, 0) is 4.79 Å². The summed E-state index contributed by atoms with van der Waals surface area (Å²) in [6.07, 6.45) is 1.29. The second-order valence-corrected chi connectivity index (χ2v) is 10.2. The third-order valence-corrected chi connectivity index (χ3v) is 7.04. The largest absolute Gasteiger partial charge is 0.478 e. The minimum Gasteiger partial charge on any atom is -0.478 e. The number of carboxylic acids is 1. The molecule has 0 fully saturated rings. The van der Waals surface area contributed by atoms with E-state index in [1.165, 1.54) is 0 Å². The highest BCUT2D eigenvalue weighted by Crippen LogP contribution is 2.52. The Kier molecular flexibility index (Phi) is 4.71. The molecule has 1 aliphatic heterocycles. The molecule has 3 aromatic carbocycles. The van der Waals surface area contributed by atoms with Crippen LogP contribution in [0.15, 0.2) is 82.8 Å². The monoisotopic (exact) mass is 463 g/mol. The number of allylic oxidation sites excluding steroid dienone is 1. The highest BCUT2D eigenvalue weighted by molar-refractivity contribution is 6.12. The van der Waals surface area contributed by atoms with Gasteiger partial charge in [-0.3, -0.25) is 4.79 Å². The third kappa shape index (κ3) is 3.55. The molecule has 2 aliphatic rings. The van der Waals surface area contributed by atoms with Gasteiger partial charge in [0.25, 0.3) is 0 Å². The predicted molar refractivity (Wildman–Crippen MR) is 136 cm³/mol. The van der Waals surface area contributed by atoms with E-state index in [1.54, 1.807) is 18.2 Å². The third-order valence-electron chi connectivity index (χ3n) is 7.04. The van der Waals surface area contributed by atoms with E-state index in [1.807, 2.05) is 30.3 Å². The molecule has 0 radical (unpaired) electrons. The van der Waals surface area contributed by atoms with Crippen molar-refractivity contribution in [2.24, 2.45) is 5.41 Å². The normalized spacial score (nSPS) is 18.7. The van der Waals surface area contributed by atoms with Crippen molar-refractivity contribution >= 4 is 33.8 Å². The number of carbonyl (C=O) groups excluding carboxylic acids is 1. The maximum absolute atomic E-state index is 13.6. The fraction of sp³-hybridized carbons (Fsp3) is 0.200. The van der Waals surface area contributed by atoms with Gasteiger partial charge < -0.3 is 14.8 Å². The number of carbonyl (C=O) groups is 2. The number of nitrogens with one attached hydrogen (secondary N) is 1. The molecule has 2 N–H and O–H groups in total. The van der Waals surface area contributed by atoms with E-state index >= 15 is 0 Å². The first-order valence-corrected chi connectivity index (χ1v) is 11.8. The van der Waals surface area contributed by atoms with Crippen molar-refractivity contribution in [2.75, 3.05) is 5.32 Å². The van der Waals surface area contributed by atoms with Gasteiger partial charge in [0.2, 0.25) is 0 Å². The number of hydrogen-bond acceptors (Lipinski definition) is 4. The lowest BCUT2D eigenvalue weighted by atomic mass is 9.68. The number of carboxylic acid groups (broad SMARTS) is 1. The minimum absolute atomic E-state index is 0.127. The molecule has 4 aromatic rings. The highest BCUT2D eigenvalue weighted by Gasteiger charge is 2.41. The lowest BCUT2D eigenvalue weighted by Gasteiger charge is -2.39. The molecular weight excluding hydrogens is 438 g/mol. The summed E-state index contributed by atoms with van der Waals surface area (Å²) in [7, 11) is 0. The first-order chi connectivity index (χ1) is 16.8. The van der Waals surface area contributed by atoms with Crippen LogP contribution in [0.4, 0.5) is 5.69 Å². The van der Waals surface area contributed by atoms with E-state index in [4.69, 9.17) is 4.42 Å². The fourth-order valence-electron chi connectivity index (χ4n) is 5.52. The van der Waals surface area contributed by atoms with Crippen molar-refractivity contribution in [3.8, 4) is 11.3 Å². The van der Waals surface area contributed by atoms with E-state index in [2.05, 4.69) is 43.4 Å². The molecule has 0 saturated carbocycles. The van der Waals surface area contributed by atoms with Crippen molar-refractivity contribution in [1.29, 1.82) is 0 Å². The van der Waals surface area contributed by atoms with Gasteiger partial charge in [0.05, 0.1) is 5.56 Å². The maximum Gasteiger partial charge on any atom is 0.335 e. The van der Waals surface area contributed by atoms with Gasteiger partial charge in [-0.05, 0) is 58.5 Å². The Bertz CT molecular complexity index is 1560. The van der Waals surface area contributed by atoms with Crippen LogP contribution in [0.5, 0.6) is 0 Å². The molecule has 0 saturated heterocycles. The second-order valence-electron chi connectivity index (χ2n) is 10.2. The summed E-state index contributed by atoms with van der Waals surface area (Å²) >= 11 is 0. The molecule has 1 atom stereocenters. The quantitative estimate of drug-likeness (QED) is 0.338. The zero-order valence-electron chi connectivity index (χ0n) is 19.6. The average molecular weight is 464 g/mol. The number of rotatable bonds is 3. The molecular formula is C30H25NO4. The van der Waals surface area contributed by atoms with Gasteiger partial charge in [-0.2, -0.15) is 0 Å². The first-order valence-electron chi connectivity index (χ1n) is 11.8. The van der Waals surface area contributed by atoms with E-state index in [9.17, 15) is 14.7 Å². The molecule has 0 spiro atoms. The van der Waals surface area contributed by atoms with E-state index in [0.29, 0.717) is 23.5 Å². The summed E-state index contributed by atoms with van der Waals surface area (Å²) in [4.78, 5) is 25.0. The number of hydrogen-bond donors (Lipinski definition) is 2. The molecule has 6 rings (SSSR count). The first kappa shape index (κ1) is 21.4. The van der Waals surface area contributed by atoms with Crippen molar-refractivity contribution in [3.05, 3.63) is 95.3 Å². The van der Waals surface area contributed by atoms with Gasteiger partial charge in [-0.25, -0.2) is 4.79 Å². The van der Waals surface area contributed by atoms with Crippen molar-refractivity contribution in [2.45, 2.75) is 32.7 Å². The Morgan fingerprint density at radius 3 is 2.66 bits per heavy atom. The van der Waals surface area contributed by atoms with E-state index in [-0.39, 0.29) is 16.8 Å². The number of anilines is 1. The molecule has 0 bridgehead atoms. The average Bonchev–Trinajstić information content (AvgIpc) is 3.33. The van der Waals surface area contributed by atoms with Gasteiger partial charge in [-0.1, -0.05) is 56.3 Å². The van der Waals surface area contributed by atoms with Crippen LogP contribution in [0.3, 0.4) is 0 Å². The number of aromatic carboxylic acids is 1. The zero-order chi connectivity index (χ0) is 24.3. The van der Waals surface area contributed by atoms with Crippen molar-refractivity contribution < 1.29 is 19.1 Å². The Hall–Kier alpha value is -4.12. The Morgan fingerprint density at radius 1 is 1.00 bits per heavy atom. The molecule has 1 aliphatic carbocycles. The molecule has 1 aromatic heterocycles. The van der Waals surface area contributed by atoms with Gasteiger partial charge in [-0.15, -0.1) is 0 Å². The molecule has 35 heavy (non-hydrogen) atoms. The topological polar surface area (TPSA) is 79.5 Å². The smallest absolute Gasteiger partial charge is 0.335 e. The fourth-order valence-corrected chi connectivity index (χ4v) is 5.52. The predicted octanol–water partition coefficient (Wildman–Crippen LogP) is 7.11. The Labute approximate surface area is 203 Å². The van der Waals surface area contributed by atoms with Crippen LogP contribution in [0, 0.1) is 5.41 Å². The van der Waals surface area contributed by atoms with Gasteiger partial charge in [0.15, 0.2) is 5.78 Å². The molecule has 174 valence electrons. The summed E-state index contributed by atoms with van der Waals surface area (Å²) < 4.78 is 6.25. The van der Waals surface area contributed by atoms with Crippen LogP contribution in [-0.4, -0.2) is 16.9 Å². The second kappa shape index (κ2) is 7.70. The van der Waals surface area contributed by atoms with Crippen LogP contribution in [0.1, 0.15) is 54.4 Å². The van der Waals surface area contributed by atoms with Crippen LogP contribution in [0.2, 0.25) is 0 Å². The van der Waals surface area contributed by atoms with Gasteiger partial charge in [0.1, 0.15) is 17.6 Å². The van der Waals surface area contributed by atoms with Crippen molar-refractivity contribution in [1.82, 2.24) is 0 Å². The zero-order valence-corrected chi connectivity index (χ0v) is 19.6. The maximum atomic E-state index is 13.6. The minimum atomic E-state index is -0.985. The lowest BCUT2D eigenvalue weighted by molar-refractivity contribution is -0.118. The molecule has 0 amide bonds. The molecule has 2 heterocycles. The number of ketones is 1. The summed E-state index contributed by atoms with van der Waals surface area (Å²) in [6, 6.07) is 22.5. The number of benzene rings is 3. The van der Waals surface area contributed by atoms with E-state index < -0.39 is 12.0 Å². The molecule has 5 nitrogen and oxygen atoms in total. The SMILES string of the molecule is CC1(C)CC(=O)C2=C(C1)c1c(ccc3ccccc13)N[C@H]2c1ccc(-c2cccc(C(=O)O)c2)o1. The highest BCUT2D eigenvalue weighted by atomic mass is 16.4. The van der Waals surface area contributed by atoms with Crippen LogP contribution in [0.25, 0.3) is 27.7 Å².